The number of benzene rings is 1. The van der Waals surface area contributed by atoms with Crippen LogP contribution in [0.15, 0.2) is 27.6 Å². The fourth-order valence-electron chi connectivity index (χ4n) is 1.55. The number of aromatic amines is 1. The van der Waals surface area contributed by atoms with E-state index in [9.17, 15) is 4.79 Å². The summed E-state index contributed by atoms with van der Waals surface area (Å²) in [5.74, 6) is 1.14. The van der Waals surface area contributed by atoms with Crippen LogP contribution in [0.3, 0.4) is 0 Å². The maximum atomic E-state index is 11.6. The number of aromatic nitrogens is 1. The average Bonchev–Trinajstić information content (AvgIpc) is 2.32. The summed E-state index contributed by atoms with van der Waals surface area (Å²) < 4.78 is 11.1. The maximum absolute atomic E-state index is 11.6. The van der Waals surface area contributed by atoms with Crippen LogP contribution in [0.1, 0.15) is 0 Å². The van der Waals surface area contributed by atoms with Crippen LogP contribution in [0, 0.1) is 0 Å². The van der Waals surface area contributed by atoms with Gasteiger partial charge in [0.05, 0.1) is 19.6 Å². The predicted octanol–water partition coefficient (Wildman–Crippen LogP) is 2.31. The minimum atomic E-state index is -0.154. The van der Waals surface area contributed by atoms with E-state index in [2.05, 4.69) is 20.9 Å². The van der Waals surface area contributed by atoms with E-state index >= 15 is 0 Å². The molecule has 0 bridgehead atoms. The van der Waals surface area contributed by atoms with Crippen LogP contribution >= 0.6 is 15.9 Å². The van der Waals surface area contributed by atoms with Crippen LogP contribution in [-0.4, -0.2) is 19.2 Å². The molecule has 0 aliphatic rings. The van der Waals surface area contributed by atoms with Gasteiger partial charge in [-0.15, -0.1) is 0 Å². The first-order chi connectivity index (χ1) is 7.67. The van der Waals surface area contributed by atoms with Gasteiger partial charge in [0, 0.05) is 16.1 Å². The van der Waals surface area contributed by atoms with E-state index in [0.29, 0.717) is 16.9 Å². The normalized spacial score (nSPS) is 10.4. The van der Waals surface area contributed by atoms with Gasteiger partial charge in [-0.25, -0.2) is 0 Å². The van der Waals surface area contributed by atoms with Crippen molar-refractivity contribution in [2.45, 2.75) is 0 Å². The lowest BCUT2D eigenvalue weighted by atomic mass is 10.1. The molecule has 1 heterocycles. The zero-order chi connectivity index (χ0) is 11.7. The van der Waals surface area contributed by atoms with Gasteiger partial charge in [-0.1, -0.05) is 0 Å². The molecule has 0 aliphatic heterocycles. The van der Waals surface area contributed by atoms with Crippen molar-refractivity contribution in [1.29, 1.82) is 0 Å². The van der Waals surface area contributed by atoms with Crippen molar-refractivity contribution >= 4 is 26.7 Å². The summed E-state index contributed by atoms with van der Waals surface area (Å²) in [7, 11) is 3.10. The number of methoxy groups -OCH3 is 2. The minimum Gasteiger partial charge on any atom is -0.493 e. The molecule has 0 saturated heterocycles. The highest BCUT2D eigenvalue weighted by atomic mass is 79.9. The van der Waals surface area contributed by atoms with Crippen LogP contribution in [0.2, 0.25) is 0 Å². The Labute approximate surface area is 100 Å². The molecule has 5 heteroatoms. The minimum absolute atomic E-state index is 0.154. The molecule has 16 heavy (non-hydrogen) atoms. The van der Waals surface area contributed by atoms with Gasteiger partial charge in [-0.05, 0) is 28.1 Å². The number of halogens is 1. The SMILES string of the molecule is COc1cc2c(Br)c[nH]c(=O)c2cc1OC. The van der Waals surface area contributed by atoms with Crippen molar-refractivity contribution in [2.75, 3.05) is 14.2 Å². The Balaban J connectivity index is 2.88. The third-order valence-electron chi connectivity index (χ3n) is 2.36. The molecule has 2 rings (SSSR count). The molecule has 0 aliphatic carbocycles. The number of rotatable bonds is 2. The van der Waals surface area contributed by atoms with Gasteiger partial charge in [0.25, 0.3) is 5.56 Å². The topological polar surface area (TPSA) is 51.3 Å². The second kappa shape index (κ2) is 4.17. The fourth-order valence-corrected chi connectivity index (χ4v) is 1.99. The molecule has 0 saturated carbocycles. The highest BCUT2D eigenvalue weighted by molar-refractivity contribution is 9.10. The summed E-state index contributed by atoms with van der Waals surface area (Å²) in [6.45, 7) is 0. The lowest BCUT2D eigenvalue weighted by molar-refractivity contribution is 0.356. The average molecular weight is 284 g/mol. The van der Waals surface area contributed by atoms with Crippen molar-refractivity contribution in [3.63, 3.8) is 0 Å². The molecule has 0 spiro atoms. The lowest BCUT2D eigenvalue weighted by Crippen LogP contribution is -2.05. The van der Waals surface area contributed by atoms with Gasteiger partial charge in [0.15, 0.2) is 11.5 Å². The Morgan fingerprint density at radius 1 is 1.12 bits per heavy atom. The molecular weight excluding hydrogens is 274 g/mol. The van der Waals surface area contributed by atoms with E-state index in [4.69, 9.17) is 9.47 Å². The molecule has 0 amide bonds. The van der Waals surface area contributed by atoms with Crippen molar-refractivity contribution in [3.05, 3.63) is 33.2 Å². The molecule has 1 N–H and O–H groups in total. The largest absolute Gasteiger partial charge is 0.493 e. The summed E-state index contributed by atoms with van der Waals surface area (Å²) in [5.41, 5.74) is -0.154. The van der Waals surface area contributed by atoms with E-state index < -0.39 is 0 Å². The predicted molar refractivity (Wildman–Crippen MR) is 65.4 cm³/mol. The maximum Gasteiger partial charge on any atom is 0.256 e. The molecule has 1 aromatic heterocycles. The molecule has 0 unspecified atom stereocenters. The molecule has 1 aromatic carbocycles. The summed E-state index contributed by atoms with van der Waals surface area (Å²) in [6.07, 6.45) is 1.61. The van der Waals surface area contributed by atoms with Crippen molar-refractivity contribution in [2.24, 2.45) is 0 Å². The van der Waals surface area contributed by atoms with Crippen LogP contribution in [-0.2, 0) is 0 Å². The van der Waals surface area contributed by atoms with E-state index in [1.807, 2.05) is 0 Å². The second-order valence-electron chi connectivity index (χ2n) is 3.22. The summed E-state index contributed by atoms with van der Waals surface area (Å²) in [5, 5.41) is 1.36. The Bertz CT molecular complexity index is 592. The summed E-state index contributed by atoms with van der Waals surface area (Å²) >= 11 is 3.37. The number of pyridine rings is 1. The summed E-state index contributed by atoms with van der Waals surface area (Å²) in [4.78, 5) is 14.3. The van der Waals surface area contributed by atoms with Crippen molar-refractivity contribution in [3.8, 4) is 11.5 Å². The molecule has 4 nitrogen and oxygen atoms in total. The number of nitrogens with one attached hydrogen (secondary N) is 1. The first-order valence-corrected chi connectivity index (χ1v) is 5.39. The van der Waals surface area contributed by atoms with E-state index in [1.54, 1.807) is 25.4 Å². The Morgan fingerprint density at radius 3 is 2.25 bits per heavy atom. The molecule has 84 valence electrons. The number of hydrogen-bond donors (Lipinski definition) is 1. The van der Waals surface area contributed by atoms with Gasteiger partial charge in [-0.3, -0.25) is 4.79 Å². The smallest absolute Gasteiger partial charge is 0.256 e. The van der Waals surface area contributed by atoms with Crippen LogP contribution in [0.5, 0.6) is 11.5 Å². The lowest BCUT2D eigenvalue weighted by Gasteiger charge is -2.09. The number of H-pyrrole nitrogens is 1. The van der Waals surface area contributed by atoms with Crippen LogP contribution in [0.25, 0.3) is 10.8 Å². The van der Waals surface area contributed by atoms with Crippen molar-refractivity contribution in [1.82, 2.24) is 4.98 Å². The van der Waals surface area contributed by atoms with Gasteiger partial charge >= 0.3 is 0 Å². The van der Waals surface area contributed by atoms with Crippen LogP contribution in [0.4, 0.5) is 0 Å². The molecule has 0 radical (unpaired) electrons. The first kappa shape index (κ1) is 11.0. The monoisotopic (exact) mass is 283 g/mol. The Morgan fingerprint density at radius 2 is 1.69 bits per heavy atom. The van der Waals surface area contributed by atoms with Crippen molar-refractivity contribution < 1.29 is 9.47 Å². The van der Waals surface area contributed by atoms with Gasteiger partial charge in [0.1, 0.15) is 0 Å². The first-order valence-electron chi connectivity index (χ1n) is 4.60. The molecule has 0 atom stereocenters. The van der Waals surface area contributed by atoms with E-state index in [0.717, 1.165) is 9.86 Å². The Kier molecular flexibility index (Phi) is 2.87. The highest BCUT2D eigenvalue weighted by Crippen LogP contribution is 2.33. The Hall–Kier alpha value is -1.49. The zero-order valence-corrected chi connectivity index (χ0v) is 10.4. The van der Waals surface area contributed by atoms with E-state index in [1.165, 1.54) is 7.11 Å². The molecule has 2 aromatic rings. The molecular formula is C11H10BrNO3. The third-order valence-corrected chi connectivity index (χ3v) is 3.01. The second-order valence-corrected chi connectivity index (χ2v) is 4.07. The van der Waals surface area contributed by atoms with Crippen LogP contribution < -0.4 is 15.0 Å². The fraction of sp³-hybridized carbons (Fsp3) is 0.182. The highest BCUT2D eigenvalue weighted by Gasteiger charge is 2.10. The van der Waals surface area contributed by atoms with Gasteiger partial charge in [-0.2, -0.15) is 0 Å². The van der Waals surface area contributed by atoms with Gasteiger partial charge < -0.3 is 14.5 Å². The number of hydrogen-bond acceptors (Lipinski definition) is 3. The van der Waals surface area contributed by atoms with Gasteiger partial charge in [0.2, 0.25) is 0 Å². The quantitative estimate of drug-likeness (QED) is 0.920. The third kappa shape index (κ3) is 1.67. The number of fused-ring (bicyclic) bond motifs is 1. The van der Waals surface area contributed by atoms with E-state index in [-0.39, 0.29) is 5.56 Å². The molecule has 0 fully saturated rings. The number of ether oxygens (including phenoxy) is 2. The zero-order valence-electron chi connectivity index (χ0n) is 8.83. The summed E-state index contributed by atoms with van der Waals surface area (Å²) in [6, 6.07) is 3.44. The standard InChI is InChI=1S/C11H10BrNO3/c1-15-9-3-6-7(4-10(9)16-2)11(14)13-5-8(6)12/h3-5H,1-2H3,(H,13,14).